The van der Waals surface area contributed by atoms with E-state index in [1.807, 2.05) is 28.9 Å². The van der Waals surface area contributed by atoms with Crippen LogP contribution in [0, 0.1) is 11.6 Å². The Bertz CT molecular complexity index is 2540. The van der Waals surface area contributed by atoms with E-state index in [0.717, 1.165) is 29.5 Å². The fourth-order valence-electron chi connectivity index (χ4n) is 6.69. The Balaban J connectivity index is 0.000000240. The van der Waals surface area contributed by atoms with Gasteiger partial charge in [-0.3, -0.25) is 14.4 Å². The highest BCUT2D eigenvalue weighted by atomic mass is 19.1. The van der Waals surface area contributed by atoms with Crippen LogP contribution in [-0.4, -0.2) is 86.8 Å². The number of halogens is 2. The maximum absolute atomic E-state index is 14.1. The minimum Gasteiger partial charge on any atom is -0.497 e. The number of nitrogens with zero attached hydrogens (tertiary/aromatic N) is 5. The molecule has 3 heterocycles. The fraction of sp³-hybridized carbons (Fsp3) is 0.209. The number of nitrogens with two attached hydrogens (primary N) is 1. The third kappa shape index (κ3) is 10.3. The minimum atomic E-state index is -1.53. The molecule has 0 bridgehead atoms. The Morgan fingerprint density at radius 1 is 0.869 bits per heavy atom. The van der Waals surface area contributed by atoms with Crippen molar-refractivity contribution in [1.29, 1.82) is 0 Å². The lowest BCUT2D eigenvalue weighted by molar-refractivity contribution is -0.127. The molecule has 1 fully saturated rings. The highest BCUT2D eigenvalue weighted by molar-refractivity contribution is 6.58. The van der Waals surface area contributed by atoms with Crippen LogP contribution >= 0.6 is 0 Å². The fourth-order valence-corrected chi connectivity index (χ4v) is 6.69. The van der Waals surface area contributed by atoms with E-state index in [-0.39, 0.29) is 36.2 Å². The first-order valence-corrected chi connectivity index (χ1v) is 19.1. The molecule has 1 saturated heterocycles. The number of piperidine rings is 1. The first-order valence-electron chi connectivity index (χ1n) is 19.1. The summed E-state index contributed by atoms with van der Waals surface area (Å²) in [6.07, 6.45) is 4.41. The van der Waals surface area contributed by atoms with Crippen molar-refractivity contribution < 1.29 is 42.7 Å². The van der Waals surface area contributed by atoms with Gasteiger partial charge < -0.3 is 40.8 Å². The molecule has 1 aliphatic rings. The summed E-state index contributed by atoms with van der Waals surface area (Å²) in [5.74, 6) is -1.35. The number of carbonyl (C=O) groups excluding carboxylic acids is 3. The number of ether oxygens (including phenoxy) is 2. The summed E-state index contributed by atoms with van der Waals surface area (Å²) in [6.45, 7) is 5.16. The van der Waals surface area contributed by atoms with Gasteiger partial charge in [-0.2, -0.15) is 5.10 Å². The molecule has 0 radical (unpaired) electrons. The van der Waals surface area contributed by atoms with Gasteiger partial charge >= 0.3 is 7.12 Å². The number of aromatic nitrogens is 4. The molecular weight excluding hydrogens is 789 g/mol. The molecule has 1 atom stereocenters. The molecule has 6 N–H and O–H groups in total. The van der Waals surface area contributed by atoms with Crippen LogP contribution in [0.2, 0.25) is 0 Å². The summed E-state index contributed by atoms with van der Waals surface area (Å²) < 4.78 is 39.7. The third-order valence-electron chi connectivity index (χ3n) is 9.99. The van der Waals surface area contributed by atoms with Gasteiger partial charge in [-0.25, -0.2) is 23.4 Å². The van der Waals surface area contributed by atoms with E-state index in [1.54, 1.807) is 17.0 Å². The van der Waals surface area contributed by atoms with Crippen molar-refractivity contribution in [3.05, 3.63) is 138 Å². The molecule has 6 aromatic rings. The molecule has 0 spiro atoms. The molecule has 3 amide bonds. The Kier molecular flexibility index (Phi) is 14.0. The van der Waals surface area contributed by atoms with E-state index in [0.29, 0.717) is 52.6 Å². The van der Waals surface area contributed by atoms with Gasteiger partial charge in [-0.1, -0.05) is 55.1 Å². The molecule has 4 aromatic carbocycles. The number of carbonyl (C=O) groups is 3. The largest absolute Gasteiger partial charge is 0.497 e. The second-order valence-electron chi connectivity index (χ2n) is 13.9. The van der Waals surface area contributed by atoms with Gasteiger partial charge in [-0.15, -0.1) is 0 Å². The van der Waals surface area contributed by atoms with Crippen molar-refractivity contribution in [3.63, 3.8) is 0 Å². The first-order chi connectivity index (χ1) is 29.4. The van der Waals surface area contributed by atoms with Crippen LogP contribution in [-0.2, 0) is 17.9 Å². The van der Waals surface area contributed by atoms with Crippen LogP contribution in [0.25, 0.3) is 22.3 Å². The second kappa shape index (κ2) is 19.7. The molecule has 0 saturated carbocycles. The van der Waals surface area contributed by atoms with Crippen LogP contribution in [0.3, 0.4) is 0 Å². The molecule has 0 aliphatic carbocycles. The van der Waals surface area contributed by atoms with Gasteiger partial charge in [0.2, 0.25) is 5.91 Å². The number of nitrogen functional groups attached to an aromatic ring is 1. The van der Waals surface area contributed by atoms with Gasteiger partial charge in [0.1, 0.15) is 41.0 Å². The zero-order chi connectivity index (χ0) is 43.6. The van der Waals surface area contributed by atoms with Crippen molar-refractivity contribution in [2.24, 2.45) is 0 Å². The number of methoxy groups -OCH3 is 2. The number of anilines is 1. The number of likely N-dealkylation sites (tertiary alicyclic amines) is 1. The molecule has 314 valence electrons. The standard InChI is InChI=1S/C28H28FN7O3.C15H15BFNO4/c1-3-23(37)35-12-4-5-19(15-35)36-27-24(26(30)32-16-33-27)25(34-36)18-8-6-17(7-9-18)14-31-28(38)21-13-20(39-2)10-11-22(21)29;1-22-12-6-7-14(17)13(8-12)15(19)18-9-10-2-4-11(5-3-10)16(20)21/h3,6-11,13,16,19H,1,4-5,12,14-15H2,2H3,(H,31,38)(H2,30,32,33);2-8,20-21H,9H2,1H3,(H,18,19)/t19-;/m1./s1. The number of amides is 3. The molecule has 61 heavy (non-hydrogen) atoms. The summed E-state index contributed by atoms with van der Waals surface area (Å²) in [7, 11) is 1.36. The van der Waals surface area contributed by atoms with Crippen molar-refractivity contribution in [3.8, 4) is 22.8 Å². The molecule has 18 heteroatoms. The molecular formula is C43H43BF2N8O7. The lowest BCUT2D eigenvalue weighted by Crippen LogP contribution is -2.40. The van der Waals surface area contributed by atoms with Crippen LogP contribution in [0.1, 0.15) is 50.7 Å². The maximum Gasteiger partial charge on any atom is 0.488 e. The van der Waals surface area contributed by atoms with Gasteiger partial charge in [0.15, 0.2) is 5.65 Å². The number of rotatable bonds is 12. The number of benzene rings is 4. The average molecular weight is 833 g/mol. The SMILES string of the molecule is C=CC(=O)N1CCC[C@@H](n2nc(-c3ccc(CNC(=O)c4cc(OC)ccc4F)cc3)c3c(N)ncnc32)C1.COc1ccc(F)c(C(=O)NCc2ccc(B(O)O)cc2)c1. The Hall–Kier alpha value is -7.18. The topological polar surface area (TPSA) is 207 Å². The van der Waals surface area contributed by atoms with E-state index >= 15 is 0 Å². The molecule has 0 unspecified atom stereocenters. The van der Waals surface area contributed by atoms with E-state index < -0.39 is 30.6 Å². The van der Waals surface area contributed by atoms with Crippen LogP contribution in [0.5, 0.6) is 11.5 Å². The van der Waals surface area contributed by atoms with E-state index in [2.05, 4.69) is 27.2 Å². The van der Waals surface area contributed by atoms with Gasteiger partial charge in [0.25, 0.3) is 11.8 Å². The van der Waals surface area contributed by atoms with Crippen LogP contribution in [0.15, 0.2) is 104 Å². The van der Waals surface area contributed by atoms with E-state index in [9.17, 15) is 23.2 Å². The maximum atomic E-state index is 14.1. The molecule has 7 rings (SSSR count). The third-order valence-corrected chi connectivity index (χ3v) is 9.99. The van der Waals surface area contributed by atoms with Crippen molar-refractivity contribution in [1.82, 2.24) is 35.3 Å². The Morgan fingerprint density at radius 3 is 1.95 bits per heavy atom. The van der Waals surface area contributed by atoms with Crippen molar-refractivity contribution >= 4 is 47.2 Å². The minimum absolute atomic E-state index is 0.0697. The van der Waals surface area contributed by atoms with Gasteiger partial charge in [0, 0.05) is 31.7 Å². The number of fused-ring (bicyclic) bond motifs is 1. The number of nitrogens with one attached hydrogen (secondary N) is 2. The molecule has 1 aliphatic heterocycles. The smallest absolute Gasteiger partial charge is 0.488 e. The molecule has 2 aromatic heterocycles. The highest BCUT2D eigenvalue weighted by Crippen LogP contribution is 2.34. The van der Waals surface area contributed by atoms with E-state index in [4.69, 9.17) is 30.4 Å². The van der Waals surface area contributed by atoms with Crippen molar-refractivity contribution in [2.45, 2.75) is 32.0 Å². The Morgan fingerprint density at radius 2 is 1.43 bits per heavy atom. The zero-order valence-corrected chi connectivity index (χ0v) is 33.3. The highest BCUT2D eigenvalue weighted by Gasteiger charge is 2.28. The van der Waals surface area contributed by atoms with Crippen LogP contribution < -0.4 is 31.3 Å². The monoisotopic (exact) mass is 832 g/mol. The predicted octanol–water partition coefficient (Wildman–Crippen LogP) is 3.95. The van der Waals surface area contributed by atoms with Gasteiger partial charge in [-0.05, 0) is 71.9 Å². The van der Waals surface area contributed by atoms with Gasteiger partial charge in [0.05, 0.1) is 36.8 Å². The average Bonchev–Trinajstić information content (AvgIpc) is 3.69. The number of hydrogen-bond acceptors (Lipinski definition) is 11. The summed E-state index contributed by atoms with van der Waals surface area (Å²) >= 11 is 0. The Labute approximate surface area is 350 Å². The second-order valence-corrected chi connectivity index (χ2v) is 13.9. The first kappa shape index (κ1) is 43.4. The molecule has 15 nitrogen and oxygen atoms in total. The summed E-state index contributed by atoms with van der Waals surface area (Å²) in [4.78, 5) is 47.2. The summed E-state index contributed by atoms with van der Waals surface area (Å²) in [5, 5.41) is 28.8. The summed E-state index contributed by atoms with van der Waals surface area (Å²) in [5.41, 5.74) is 10.0. The predicted molar refractivity (Wildman–Crippen MR) is 225 cm³/mol. The van der Waals surface area contributed by atoms with E-state index in [1.165, 1.54) is 75.2 Å². The zero-order valence-electron chi connectivity index (χ0n) is 33.3. The van der Waals surface area contributed by atoms with Crippen LogP contribution in [0.4, 0.5) is 14.6 Å². The lowest BCUT2D eigenvalue weighted by atomic mass is 9.80. The summed E-state index contributed by atoms with van der Waals surface area (Å²) in [6, 6.07) is 21.7. The normalized spacial score (nSPS) is 13.4. The number of hydrogen-bond donors (Lipinski definition) is 5. The quantitative estimate of drug-likeness (QED) is 0.0882. The van der Waals surface area contributed by atoms with Crippen molar-refractivity contribution in [2.75, 3.05) is 33.0 Å². The lowest BCUT2D eigenvalue weighted by Gasteiger charge is -2.32.